The lowest BCUT2D eigenvalue weighted by molar-refractivity contribution is -0.0993. The molecule has 0 aliphatic carbocycles. The van der Waals surface area contributed by atoms with Gasteiger partial charge < -0.3 is 9.47 Å². The molecule has 1 aromatic carbocycles. The van der Waals surface area contributed by atoms with Crippen molar-refractivity contribution in [1.82, 2.24) is 0 Å². The van der Waals surface area contributed by atoms with E-state index in [4.69, 9.17) is 9.47 Å². The van der Waals surface area contributed by atoms with Gasteiger partial charge in [0, 0.05) is 12.2 Å². The van der Waals surface area contributed by atoms with Crippen molar-refractivity contribution in [3.05, 3.63) is 34.9 Å². The van der Waals surface area contributed by atoms with Crippen molar-refractivity contribution in [2.24, 2.45) is 0 Å². The third-order valence-corrected chi connectivity index (χ3v) is 2.30. The molecule has 1 aliphatic heterocycles. The fraction of sp³-hybridized carbons (Fsp3) is 0.364. The molecular formula is C11H12O3. The van der Waals surface area contributed by atoms with E-state index in [2.05, 4.69) is 0 Å². The van der Waals surface area contributed by atoms with Gasteiger partial charge in [0.25, 0.3) is 0 Å². The molecule has 1 atom stereocenters. The van der Waals surface area contributed by atoms with Gasteiger partial charge in [-0.1, -0.05) is 18.2 Å². The summed E-state index contributed by atoms with van der Waals surface area (Å²) in [7, 11) is 0. The van der Waals surface area contributed by atoms with Gasteiger partial charge in [-0.3, -0.25) is 0 Å². The number of ether oxygens (including phenoxy) is 2. The summed E-state index contributed by atoms with van der Waals surface area (Å²) in [6, 6.07) is 5.67. The van der Waals surface area contributed by atoms with Crippen molar-refractivity contribution in [2.75, 3.05) is 6.61 Å². The van der Waals surface area contributed by atoms with Crippen LogP contribution in [0.3, 0.4) is 0 Å². The van der Waals surface area contributed by atoms with Gasteiger partial charge >= 0.3 is 5.97 Å². The molecule has 1 aromatic rings. The summed E-state index contributed by atoms with van der Waals surface area (Å²) in [5, 5.41) is 0. The summed E-state index contributed by atoms with van der Waals surface area (Å²) in [5.41, 5.74) is 2.44. The van der Waals surface area contributed by atoms with Crippen LogP contribution in [0.25, 0.3) is 0 Å². The molecule has 2 rings (SSSR count). The standard InChI is InChI=1S/C11H12O3/c1-3-13-11-8-6-4-5-7(2)9(8)10(12)14-11/h4-6,11H,3H2,1-2H3. The number of fused-ring (bicyclic) bond motifs is 1. The van der Waals surface area contributed by atoms with Gasteiger partial charge in [0.2, 0.25) is 6.29 Å². The first kappa shape index (κ1) is 9.21. The van der Waals surface area contributed by atoms with E-state index in [0.29, 0.717) is 12.2 Å². The van der Waals surface area contributed by atoms with Crippen LogP contribution in [0, 0.1) is 6.92 Å². The highest BCUT2D eigenvalue weighted by atomic mass is 16.7. The Morgan fingerprint density at radius 1 is 1.50 bits per heavy atom. The second-order valence-electron chi connectivity index (χ2n) is 3.23. The predicted octanol–water partition coefficient (Wildman–Crippen LogP) is 2.20. The van der Waals surface area contributed by atoms with Gasteiger partial charge in [0.15, 0.2) is 0 Å². The quantitative estimate of drug-likeness (QED) is 0.674. The minimum Gasteiger partial charge on any atom is -0.428 e. The van der Waals surface area contributed by atoms with E-state index in [9.17, 15) is 4.79 Å². The van der Waals surface area contributed by atoms with Crippen LogP contribution in [0.1, 0.15) is 34.7 Å². The van der Waals surface area contributed by atoms with E-state index in [0.717, 1.165) is 11.1 Å². The molecule has 0 spiro atoms. The molecule has 3 heteroatoms. The van der Waals surface area contributed by atoms with Crippen molar-refractivity contribution in [1.29, 1.82) is 0 Å². The zero-order valence-corrected chi connectivity index (χ0v) is 8.24. The topological polar surface area (TPSA) is 35.5 Å². The van der Waals surface area contributed by atoms with Crippen molar-refractivity contribution in [3.8, 4) is 0 Å². The Kier molecular flexibility index (Phi) is 2.25. The molecule has 1 unspecified atom stereocenters. The van der Waals surface area contributed by atoms with Crippen LogP contribution in [0.15, 0.2) is 18.2 Å². The second-order valence-corrected chi connectivity index (χ2v) is 3.23. The third kappa shape index (κ3) is 1.30. The summed E-state index contributed by atoms with van der Waals surface area (Å²) in [6.45, 7) is 4.31. The Balaban J connectivity index is 2.44. The first-order valence-electron chi connectivity index (χ1n) is 4.66. The Morgan fingerprint density at radius 2 is 2.29 bits per heavy atom. The number of hydrogen-bond donors (Lipinski definition) is 0. The summed E-state index contributed by atoms with van der Waals surface area (Å²) in [5.74, 6) is -0.281. The van der Waals surface area contributed by atoms with E-state index in [1.54, 1.807) is 0 Å². The molecule has 1 aliphatic rings. The maximum atomic E-state index is 11.5. The average Bonchev–Trinajstić information content (AvgIpc) is 2.46. The SMILES string of the molecule is CCOC1OC(=O)c2c(C)cccc21. The molecule has 0 amide bonds. The van der Waals surface area contributed by atoms with Crippen LogP contribution < -0.4 is 0 Å². The highest BCUT2D eigenvalue weighted by Gasteiger charge is 2.32. The van der Waals surface area contributed by atoms with Gasteiger partial charge in [0.1, 0.15) is 0 Å². The first-order chi connectivity index (χ1) is 6.74. The normalized spacial score (nSPS) is 19.3. The monoisotopic (exact) mass is 192 g/mol. The molecule has 0 saturated heterocycles. The van der Waals surface area contributed by atoms with Gasteiger partial charge in [-0.05, 0) is 19.4 Å². The largest absolute Gasteiger partial charge is 0.428 e. The molecule has 0 aromatic heterocycles. The van der Waals surface area contributed by atoms with Crippen molar-refractivity contribution >= 4 is 5.97 Å². The maximum absolute atomic E-state index is 11.5. The number of esters is 1. The number of carbonyl (C=O) groups excluding carboxylic acids is 1. The van der Waals surface area contributed by atoms with E-state index in [1.807, 2.05) is 32.0 Å². The average molecular weight is 192 g/mol. The van der Waals surface area contributed by atoms with Crippen LogP contribution >= 0.6 is 0 Å². The lowest BCUT2D eigenvalue weighted by atomic mass is 10.0. The Morgan fingerprint density at radius 3 is 3.00 bits per heavy atom. The summed E-state index contributed by atoms with van der Waals surface area (Å²) in [6.07, 6.45) is -0.512. The molecule has 3 nitrogen and oxygen atoms in total. The van der Waals surface area contributed by atoms with Crippen LogP contribution in [0.5, 0.6) is 0 Å². The Labute approximate surface area is 82.6 Å². The minimum atomic E-state index is -0.512. The van der Waals surface area contributed by atoms with Crippen molar-refractivity contribution in [3.63, 3.8) is 0 Å². The maximum Gasteiger partial charge on any atom is 0.341 e. The molecule has 74 valence electrons. The van der Waals surface area contributed by atoms with Gasteiger partial charge in [-0.25, -0.2) is 4.79 Å². The number of aryl methyl sites for hydroxylation is 1. The van der Waals surface area contributed by atoms with Gasteiger partial charge in [0.05, 0.1) is 5.56 Å². The first-order valence-corrected chi connectivity index (χ1v) is 4.66. The van der Waals surface area contributed by atoms with Crippen molar-refractivity contribution in [2.45, 2.75) is 20.1 Å². The second kappa shape index (κ2) is 3.42. The van der Waals surface area contributed by atoms with E-state index >= 15 is 0 Å². The molecular weight excluding hydrogens is 180 g/mol. The zero-order valence-electron chi connectivity index (χ0n) is 8.24. The van der Waals surface area contributed by atoms with E-state index in [-0.39, 0.29) is 5.97 Å². The zero-order chi connectivity index (χ0) is 10.1. The van der Waals surface area contributed by atoms with Crippen LogP contribution in [-0.2, 0) is 9.47 Å². The van der Waals surface area contributed by atoms with E-state index in [1.165, 1.54) is 0 Å². The third-order valence-electron chi connectivity index (χ3n) is 2.30. The minimum absolute atomic E-state index is 0.281. The molecule has 0 fully saturated rings. The number of cyclic esters (lactones) is 1. The number of carbonyl (C=O) groups is 1. The Hall–Kier alpha value is -1.35. The predicted molar refractivity (Wildman–Crippen MR) is 51.0 cm³/mol. The molecule has 0 radical (unpaired) electrons. The molecule has 0 N–H and O–H groups in total. The van der Waals surface area contributed by atoms with Crippen molar-refractivity contribution < 1.29 is 14.3 Å². The molecule has 0 bridgehead atoms. The van der Waals surface area contributed by atoms with E-state index < -0.39 is 6.29 Å². The summed E-state index contributed by atoms with van der Waals surface area (Å²) in [4.78, 5) is 11.5. The lowest BCUT2D eigenvalue weighted by Crippen LogP contribution is -2.03. The highest BCUT2D eigenvalue weighted by Crippen LogP contribution is 2.32. The molecule has 1 heterocycles. The number of rotatable bonds is 2. The van der Waals surface area contributed by atoms with Crippen LogP contribution in [0.2, 0.25) is 0 Å². The Bertz CT molecular complexity index is 371. The molecule has 14 heavy (non-hydrogen) atoms. The highest BCUT2D eigenvalue weighted by molar-refractivity contribution is 5.95. The smallest absolute Gasteiger partial charge is 0.341 e. The van der Waals surface area contributed by atoms with Crippen LogP contribution in [0.4, 0.5) is 0 Å². The molecule has 0 saturated carbocycles. The van der Waals surface area contributed by atoms with Gasteiger partial charge in [-0.2, -0.15) is 0 Å². The lowest BCUT2D eigenvalue weighted by Gasteiger charge is -2.09. The van der Waals surface area contributed by atoms with Gasteiger partial charge in [-0.15, -0.1) is 0 Å². The summed E-state index contributed by atoms with van der Waals surface area (Å²) >= 11 is 0. The number of hydrogen-bond acceptors (Lipinski definition) is 3. The fourth-order valence-corrected chi connectivity index (χ4v) is 1.66. The number of benzene rings is 1. The fourth-order valence-electron chi connectivity index (χ4n) is 1.66. The van der Waals surface area contributed by atoms with Crippen LogP contribution in [-0.4, -0.2) is 12.6 Å². The summed E-state index contributed by atoms with van der Waals surface area (Å²) < 4.78 is 10.4.